The maximum atomic E-state index is 12.5. The second-order valence-corrected chi connectivity index (χ2v) is 7.81. The zero-order valence-corrected chi connectivity index (χ0v) is 14.0. The van der Waals surface area contributed by atoms with E-state index in [0.29, 0.717) is 23.3 Å². The summed E-state index contributed by atoms with van der Waals surface area (Å²) in [7, 11) is -3.62. The van der Waals surface area contributed by atoms with E-state index in [1.54, 1.807) is 19.2 Å². The third-order valence-electron chi connectivity index (χ3n) is 4.39. The lowest BCUT2D eigenvalue weighted by molar-refractivity contribution is 0.363. The number of hydrogen-bond donors (Lipinski definition) is 1. The molecule has 0 aromatic carbocycles. The minimum absolute atomic E-state index is 0.125. The molecule has 24 heavy (non-hydrogen) atoms. The van der Waals surface area contributed by atoms with Crippen LogP contribution in [0.15, 0.2) is 34.1 Å². The van der Waals surface area contributed by atoms with Crippen LogP contribution in [0.5, 0.6) is 0 Å². The third kappa shape index (κ3) is 2.69. The summed E-state index contributed by atoms with van der Waals surface area (Å²) in [5, 5.41) is 4.40. The Kier molecular flexibility index (Phi) is 3.61. The third-order valence-corrected chi connectivity index (χ3v) is 5.78. The Balaban J connectivity index is 1.49. The van der Waals surface area contributed by atoms with Gasteiger partial charge < -0.3 is 9.09 Å². The minimum Gasteiger partial charge on any atom is -0.336 e. The molecule has 0 bridgehead atoms. The van der Waals surface area contributed by atoms with Crippen LogP contribution in [0.2, 0.25) is 0 Å². The largest absolute Gasteiger partial charge is 0.336 e. The van der Waals surface area contributed by atoms with E-state index >= 15 is 0 Å². The van der Waals surface area contributed by atoms with Crippen LogP contribution in [0.3, 0.4) is 0 Å². The fraction of sp³-hybridized carbons (Fsp3) is 0.400. The van der Waals surface area contributed by atoms with Gasteiger partial charge in [0.15, 0.2) is 0 Å². The molecule has 0 saturated carbocycles. The van der Waals surface area contributed by atoms with E-state index in [2.05, 4.69) is 24.4 Å². The molecule has 1 aliphatic rings. The molecule has 3 aromatic rings. The average Bonchev–Trinajstić information content (AvgIpc) is 3.19. The van der Waals surface area contributed by atoms with Gasteiger partial charge in [-0.1, -0.05) is 5.16 Å². The summed E-state index contributed by atoms with van der Waals surface area (Å²) in [6.07, 6.45) is 6.80. The minimum atomic E-state index is -3.62. The predicted octanol–water partition coefficient (Wildman–Crippen LogP) is 1.27. The predicted molar refractivity (Wildman–Crippen MR) is 85.8 cm³/mol. The van der Waals surface area contributed by atoms with Gasteiger partial charge in [-0.05, 0) is 25.3 Å². The van der Waals surface area contributed by atoms with Gasteiger partial charge >= 0.3 is 0 Å². The Bertz CT molecular complexity index is 992. The van der Waals surface area contributed by atoms with Crippen molar-refractivity contribution in [3.05, 3.63) is 36.2 Å². The van der Waals surface area contributed by atoms with Crippen LogP contribution in [-0.4, -0.2) is 34.7 Å². The van der Waals surface area contributed by atoms with Crippen LogP contribution in [0.1, 0.15) is 17.9 Å². The molecular weight excluding hydrogens is 330 g/mol. The highest BCUT2D eigenvalue weighted by Gasteiger charge is 2.22. The number of nitrogens with one attached hydrogen (secondary N) is 1. The van der Waals surface area contributed by atoms with Gasteiger partial charge in [0.25, 0.3) is 5.71 Å². The van der Waals surface area contributed by atoms with E-state index in [-0.39, 0.29) is 10.8 Å². The van der Waals surface area contributed by atoms with Gasteiger partial charge in [0, 0.05) is 31.9 Å². The summed E-state index contributed by atoms with van der Waals surface area (Å²) in [4.78, 5) is 8.43. The van der Waals surface area contributed by atoms with Gasteiger partial charge in [0.1, 0.15) is 10.7 Å². The molecule has 126 valence electrons. The first-order valence-corrected chi connectivity index (χ1v) is 9.23. The van der Waals surface area contributed by atoms with E-state index < -0.39 is 10.0 Å². The maximum Gasteiger partial charge on any atom is 0.257 e. The number of sulfonamides is 1. The molecule has 0 radical (unpaired) electrons. The standard InChI is InChI=1S/C15H17N5O3S/c1-10-13-6-12(8-17-15(13)23-19-10)24(21,22)18-7-11-2-3-14-16-4-5-20(14)9-11/h4-6,8,11,18H,2-3,7,9H2,1H3/t11-/m1/s1. The smallest absolute Gasteiger partial charge is 0.257 e. The SMILES string of the molecule is Cc1noc2ncc(S(=O)(=O)NC[C@H]3CCc4nccn4C3)cc12. The van der Waals surface area contributed by atoms with E-state index in [9.17, 15) is 8.42 Å². The van der Waals surface area contributed by atoms with Gasteiger partial charge in [-0.25, -0.2) is 23.1 Å². The summed E-state index contributed by atoms with van der Waals surface area (Å²) in [5.41, 5.74) is 0.959. The fourth-order valence-corrected chi connectivity index (χ4v) is 4.07. The van der Waals surface area contributed by atoms with Crippen molar-refractivity contribution in [3.63, 3.8) is 0 Å². The van der Waals surface area contributed by atoms with Crippen LogP contribution in [0.25, 0.3) is 11.1 Å². The van der Waals surface area contributed by atoms with E-state index in [1.807, 2.05) is 6.20 Å². The number of imidazole rings is 1. The first kappa shape index (κ1) is 15.3. The quantitative estimate of drug-likeness (QED) is 0.762. The molecule has 4 heterocycles. The Morgan fingerprint density at radius 3 is 3.17 bits per heavy atom. The maximum absolute atomic E-state index is 12.5. The van der Waals surface area contributed by atoms with Crippen molar-refractivity contribution < 1.29 is 12.9 Å². The molecule has 8 nitrogen and oxygen atoms in total. The highest BCUT2D eigenvalue weighted by atomic mass is 32.2. The zero-order valence-electron chi connectivity index (χ0n) is 13.1. The summed E-state index contributed by atoms with van der Waals surface area (Å²) in [6.45, 7) is 2.92. The van der Waals surface area contributed by atoms with E-state index in [1.165, 1.54) is 6.20 Å². The van der Waals surface area contributed by atoms with Crippen molar-refractivity contribution in [2.24, 2.45) is 5.92 Å². The molecule has 1 aliphatic heterocycles. The van der Waals surface area contributed by atoms with Crippen molar-refractivity contribution in [3.8, 4) is 0 Å². The zero-order chi connectivity index (χ0) is 16.7. The highest BCUT2D eigenvalue weighted by Crippen LogP contribution is 2.21. The number of nitrogens with zero attached hydrogens (tertiary/aromatic N) is 4. The van der Waals surface area contributed by atoms with Crippen molar-refractivity contribution in [2.75, 3.05) is 6.54 Å². The van der Waals surface area contributed by atoms with Gasteiger partial charge in [-0.2, -0.15) is 0 Å². The van der Waals surface area contributed by atoms with Crippen molar-refractivity contribution in [1.82, 2.24) is 24.4 Å². The Morgan fingerprint density at radius 1 is 1.42 bits per heavy atom. The molecule has 3 aromatic heterocycles. The number of aryl methyl sites for hydroxylation is 2. The number of fused-ring (bicyclic) bond motifs is 2. The number of pyridine rings is 1. The van der Waals surface area contributed by atoms with Crippen LogP contribution in [0.4, 0.5) is 0 Å². The van der Waals surface area contributed by atoms with Crippen molar-refractivity contribution in [2.45, 2.75) is 31.2 Å². The second kappa shape index (κ2) is 5.67. The Morgan fingerprint density at radius 2 is 2.29 bits per heavy atom. The molecule has 4 rings (SSSR count). The molecule has 0 amide bonds. The molecule has 0 fully saturated rings. The summed E-state index contributed by atoms with van der Waals surface area (Å²) in [5.74, 6) is 1.31. The Hall–Kier alpha value is -2.26. The number of hydrogen-bond acceptors (Lipinski definition) is 6. The van der Waals surface area contributed by atoms with Gasteiger partial charge in [-0.3, -0.25) is 0 Å². The number of aromatic nitrogens is 4. The Labute approximate surface area is 138 Å². The molecule has 0 spiro atoms. The highest BCUT2D eigenvalue weighted by molar-refractivity contribution is 7.89. The second-order valence-electron chi connectivity index (χ2n) is 6.04. The molecule has 0 aliphatic carbocycles. The summed E-state index contributed by atoms with van der Waals surface area (Å²) in [6, 6.07) is 1.55. The number of rotatable bonds is 4. The summed E-state index contributed by atoms with van der Waals surface area (Å²) >= 11 is 0. The molecule has 0 unspecified atom stereocenters. The van der Waals surface area contributed by atoms with Crippen LogP contribution in [-0.2, 0) is 23.0 Å². The lowest BCUT2D eigenvalue weighted by Crippen LogP contribution is -2.33. The average molecular weight is 347 g/mol. The molecule has 1 atom stereocenters. The molecular formula is C15H17N5O3S. The first-order valence-electron chi connectivity index (χ1n) is 7.74. The lowest BCUT2D eigenvalue weighted by Gasteiger charge is -2.23. The molecule has 9 heteroatoms. The molecule has 1 N–H and O–H groups in total. The first-order chi connectivity index (χ1) is 11.5. The van der Waals surface area contributed by atoms with Gasteiger partial charge in [-0.15, -0.1) is 0 Å². The normalized spacial score (nSPS) is 18.0. The van der Waals surface area contributed by atoms with Crippen LogP contribution < -0.4 is 4.72 Å². The van der Waals surface area contributed by atoms with Crippen molar-refractivity contribution >= 4 is 21.1 Å². The van der Waals surface area contributed by atoms with Crippen LogP contribution >= 0.6 is 0 Å². The fourth-order valence-electron chi connectivity index (χ4n) is 2.99. The van der Waals surface area contributed by atoms with Crippen molar-refractivity contribution in [1.29, 1.82) is 0 Å². The van der Waals surface area contributed by atoms with Crippen LogP contribution in [0, 0.1) is 12.8 Å². The molecule has 0 saturated heterocycles. The van der Waals surface area contributed by atoms with Gasteiger partial charge in [0.2, 0.25) is 10.0 Å². The van der Waals surface area contributed by atoms with E-state index in [0.717, 1.165) is 25.2 Å². The monoisotopic (exact) mass is 347 g/mol. The lowest BCUT2D eigenvalue weighted by atomic mass is 10.00. The topological polar surface area (TPSA) is 103 Å². The summed E-state index contributed by atoms with van der Waals surface area (Å²) < 4.78 is 34.8. The van der Waals surface area contributed by atoms with E-state index in [4.69, 9.17) is 4.52 Å². The van der Waals surface area contributed by atoms with Gasteiger partial charge in [0.05, 0.1) is 17.3 Å².